The highest BCUT2D eigenvalue weighted by Crippen LogP contribution is 2.30. The molecule has 0 bridgehead atoms. The predicted octanol–water partition coefficient (Wildman–Crippen LogP) is 4.55. The summed E-state index contributed by atoms with van der Waals surface area (Å²) in [7, 11) is 0. The number of benzene rings is 1. The van der Waals surface area contributed by atoms with E-state index in [1.165, 1.54) is 12.1 Å². The molecule has 0 spiro atoms. The average Bonchev–Trinajstić information content (AvgIpc) is 2.98. The van der Waals surface area contributed by atoms with Gasteiger partial charge < -0.3 is 14.3 Å². The van der Waals surface area contributed by atoms with Crippen molar-refractivity contribution in [1.82, 2.24) is 0 Å². The zero-order chi connectivity index (χ0) is 17.9. The van der Waals surface area contributed by atoms with Crippen molar-refractivity contribution in [1.29, 1.82) is 0 Å². The van der Waals surface area contributed by atoms with Gasteiger partial charge in [0.05, 0.1) is 6.61 Å². The predicted molar refractivity (Wildman–Crippen MR) is 92.1 cm³/mol. The van der Waals surface area contributed by atoms with Crippen LogP contribution in [0.3, 0.4) is 0 Å². The molecule has 1 aromatic carbocycles. The van der Waals surface area contributed by atoms with Gasteiger partial charge in [0.25, 0.3) is 0 Å². The Kier molecular flexibility index (Phi) is 4.86. The number of ether oxygens (including phenoxy) is 1. The van der Waals surface area contributed by atoms with Crippen LogP contribution in [0.4, 0.5) is 4.39 Å². The first-order valence-corrected chi connectivity index (χ1v) is 8.07. The van der Waals surface area contributed by atoms with Gasteiger partial charge in [-0.25, -0.2) is 9.18 Å². The third-order valence-electron chi connectivity index (χ3n) is 4.16. The number of carboxylic acids is 1. The number of hydrogen-bond acceptors (Lipinski definition) is 3. The molecular formula is C20H19FO4. The summed E-state index contributed by atoms with van der Waals surface area (Å²) in [5.74, 6) is -2.56. The standard InChI is InChI=1S/C20H19FO4/c1-14-17(13-18(25-14)19(22)23)9-12-24-20(21)10-7-16(8-11-20)15-5-3-2-4-6-15/h2-8,10,13H,9,11-12H2,1H3,(H,22,23). The highest BCUT2D eigenvalue weighted by atomic mass is 19.2. The lowest BCUT2D eigenvalue weighted by Crippen LogP contribution is -2.26. The van der Waals surface area contributed by atoms with E-state index in [9.17, 15) is 9.18 Å². The normalized spacial score (nSPS) is 19.7. The number of hydrogen-bond donors (Lipinski definition) is 1. The van der Waals surface area contributed by atoms with Crippen molar-refractivity contribution in [3.05, 3.63) is 77.3 Å². The molecule has 0 amide bonds. The van der Waals surface area contributed by atoms with Gasteiger partial charge in [0.15, 0.2) is 0 Å². The Labute approximate surface area is 145 Å². The van der Waals surface area contributed by atoms with Gasteiger partial charge in [-0.3, -0.25) is 0 Å². The van der Waals surface area contributed by atoms with Crippen LogP contribution in [0.25, 0.3) is 5.57 Å². The molecular weight excluding hydrogens is 323 g/mol. The van der Waals surface area contributed by atoms with Crippen molar-refractivity contribution >= 4 is 11.5 Å². The Morgan fingerprint density at radius 3 is 2.72 bits per heavy atom. The second-order valence-electron chi connectivity index (χ2n) is 5.94. The first kappa shape index (κ1) is 17.2. The van der Waals surface area contributed by atoms with Crippen molar-refractivity contribution in [3.63, 3.8) is 0 Å². The maximum atomic E-state index is 14.7. The average molecular weight is 342 g/mol. The van der Waals surface area contributed by atoms with Crippen LogP contribution in [-0.2, 0) is 11.2 Å². The Hall–Kier alpha value is -2.66. The minimum absolute atomic E-state index is 0.115. The molecule has 1 unspecified atom stereocenters. The van der Waals surface area contributed by atoms with E-state index in [0.29, 0.717) is 17.7 Å². The first-order valence-electron chi connectivity index (χ1n) is 8.07. The summed E-state index contributed by atoms with van der Waals surface area (Å²) in [5.41, 5.74) is 2.71. The van der Waals surface area contributed by atoms with E-state index in [2.05, 4.69) is 0 Å². The van der Waals surface area contributed by atoms with Crippen LogP contribution in [0.5, 0.6) is 0 Å². The van der Waals surface area contributed by atoms with Gasteiger partial charge >= 0.3 is 5.97 Å². The molecule has 1 aliphatic rings. The fourth-order valence-corrected chi connectivity index (χ4v) is 2.76. The summed E-state index contributed by atoms with van der Waals surface area (Å²) in [5, 5.41) is 8.91. The Bertz CT molecular complexity index is 819. The fourth-order valence-electron chi connectivity index (χ4n) is 2.76. The highest BCUT2D eigenvalue weighted by Gasteiger charge is 2.28. The summed E-state index contributed by atoms with van der Waals surface area (Å²) in [4.78, 5) is 10.9. The molecule has 0 fully saturated rings. The number of furan rings is 1. The van der Waals surface area contributed by atoms with Crippen LogP contribution in [0.1, 0.15) is 33.9 Å². The van der Waals surface area contributed by atoms with Crippen molar-refractivity contribution in [3.8, 4) is 0 Å². The minimum atomic E-state index is -1.84. The lowest BCUT2D eigenvalue weighted by Gasteiger charge is -2.24. The largest absolute Gasteiger partial charge is 0.475 e. The molecule has 3 rings (SSSR count). The summed E-state index contributed by atoms with van der Waals surface area (Å²) in [6, 6.07) is 11.2. The van der Waals surface area contributed by atoms with Crippen LogP contribution >= 0.6 is 0 Å². The molecule has 4 nitrogen and oxygen atoms in total. The molecule has 130 valence electrons. The summed E-state index contributed by atoms with van der Waals surface area (Å²) in [6.07, 6.45) is 5.50. The van der Waals surface area contributed by atoms with Gasteiger partial charge in [-0.05, 0) is 42.2 Å². The highest BCUT2D eigenvalue weighted by molar-refractivity contribution is 5.84. The molecule has 25 heavy (non-hydrogen) atoms. The van der Waals surface area contributed by atoms with Crippen molar-refractivity contribution in [2.24, 2.45) is 0 Å². The molecule has 0 saturated carbocycles. The third kappa shape index (κ3) is 4.06. The van der Waals surface area contributed by atoms with Crippen molar-refractivity contribution in [2.75, 3.05) is 6.61 Å². The smallest absolute Gasteiger partial charge is 0.371 e. The van der Waals surface area contributed by atoms with Crippen LogP contribution in [-0.4, -0.2) is 23.5 Å². The van der Waals surface area contributed by atoms with Crippen LogP contribution in [0.2, 0.25) is 0 Å². The third-order valence-corrected chi connectivity index (χ3v) is 4.16. The van der Waals surface area contributed by atoms with E-state index in [1.54, 1.807) is 13.0 Å². The van der Waals surface area contributed by atoms with E-state index >= 15 is 0 Å². The molecule has 2 aromatic rings. The minimum Gasteiger partial charge on any atom is -0.475 e. The number of rotatable bonds is 6. The summed E-state index contributed by atoms with van der Waals surface area (Å²) < 4.78 is 25.3. The number of halogens is 1. The van der Waals surface area contributed by atoms with E-state index in [1.807, 2.05) is 36.4 Å². The van der Waals surface area contributed by atoms with E-state index in [4.69, 9.17) is 14.3 Å². The second-order valence-corrected chi connectivity index (χ2v) is 5.94. The molecule has 1 heterocycles. The quantitative estimate of drug-likeness (QED) is 0.836. The number of aryl methyl sites for hydroxylation is 1. The molecule has 5 heteroatoms. The molecule has 0 saturated heterocycles. The maximum Gasteiger partial charge on any atom is 0.371 e. The number of alkyl halides is 1. The Morgan fingerprint density at radius 1 is 1.36 bits per heavy atom. The van der Waals surface area contributed by atoms with Gasteiger partial charge in [-0.2, -0.15) is 0 Å². The molecule has 1 N–H and O–H groups in total. The van der Waals surface area contributed by atoms with Crippen LogP contribution in [0, 0.1) is 6.92 Å². The van der Waals surface area contributed by atoms with Gasteiger partial charge in [0, 0.05) is 6.42 Å². The Balaban J connectivity index is 1.57. The number of allylic oxidation sites excluding steroid dienone is 2. The number of carboxylic acid groups (broad SMARTS) is 1. The fraction of sp³-hybridized carbons (Fsp3) is 0.250. The monoisotopic (exact) mass is 342 g/mol. The van der Waals surface area contributed by atoms with Gasteiger partial charge in [-0.1, -0.05) is 42.5 Å². The first-order chi connectivity index (χ1) is 12.0. The Morgan fingerprint density at radius 2 is 2.12 bits per heavy atom. The molecule has 0 aliphatic heterocycles. The lowest BCUT2D eigenvalue weighted by molar-refractivity contribution is -0.103. The lowest BCUT2D eigenvalue weighted by atomic mass is 9.97. The van der Waals surface area contributed by atoms with Crippen molar-refractivity contribution in [2.45, 2.75) is 25.6 Å². The van der Waals surface area contributed by atoms with E-state index in [0.717, 1.165) is 11.1 Å². The van der Waals surface area contributed by atoms with E-state index < -0.39 is 11.8 Å². The maximum absolute atomic E-state index is 14.7. The SMILES string of the molecule is Cc1oc(C(=O)O)cc1CCOC1(F)C=CC(c2ccccc2)=CC1. The van der Waals surface area contributed by atoms with E-state index in [-0.39, 0.29) is 18.8 Å². The summed E-state index contributed by atoms with van der Waals surface area (Å²) in [6.45, 7) is 1.82. The van der Waals surface area contributed by atoms with Gasteiger partial charge in [-0.15, -0.1) is 0 Å². The van der Waals surface area contributed by atoms with Gasteiger partial charge in [0.1, 0.15) is 5.76 Å². The zero-order valence-corrected chi connectivity index (χ0v) is 13.9. The topological polar surface area (TPSA) is 59.7 Å². The number of carbonyl (C=O) groups is 1. The molecule has 1 aliphatic carbocycles. The van der Waals surface area contributed by atoms with Crippen LogP contribution < -0.4 is 0 Å². The van der Waals surface area contributed by atoms with Gasteiger partial charge in [0.2, 0.25) is 11.6 Å². The number of aromatic carboxylic acids is 1. The molecule has 0 radical (unpaired) electrons. The second kappa shape index (κ2) is 7.07. The molecule has 1 atom stereocenters. The van der Waals surface area contributed by atoms with Crippen molar-refractivity contribution < 1.29 is 23.4 Å². The van der Waals surface area contributed by atoms with Crippen LogP contribution in [0.15, 0.2) is 59.0 Å². The molecule has 1 aromatic heterocycles. The summed E-state index contributed by atoms with van der Waals surface area (Å²) >= 11 is 0. The zero-order valence-electron chi connectivity index (χ0n) is 13.9.